The third kappa shape index (κ3) is 3.12. The van der Waals surface area contributed by atoms with Gasteiger partial charge in [-0.25, -0.2) is 0 Å². The van der Waals surface area contributed by atoms with Gasteiger partial charge in [-0.05, 0) is 17.7 Å². The molecule has 1 radical (unpaired) electrons. The Morgan fingerprint density at radius 2 is 2.00 bits per heavy atom. The summed E-state index contributed by atoms with van der Waals surface area (Å²) in [6, 6.07) is 7.16. The van der Waals surface area contributed by atoms with Crippen LogP contribution in [-0.2, 0) is 15.3 Å². The first-order valence-electron chi connectivity index (χ1n) is 2.99. The van der Waals surface area contributed by atoms with E-state index in [1.165, 1.54) is 0 Å². The van der Waals surface area contributed by atoms with Crippen molar-refractivity contribution in [2.75, 3.05) is 0 Å². The van der Waals surface area contributed by atoms with Crippen LogP contribution in [-0.4, -0.2) is 0 Å². The molecule has 1 rings (SSSR count). The van der Waals surface area contributed by atoms with Crippen LogP contribution in [0.4, 0.5) is 0 Å². The van der Waals surface area contributed by atoms with Crippen molar-refractivity contribution >= 4 is 23.9 Å². The van der Waals surface area contributed by atoms with Gasteiger partial charge in [0, 0.05) is 5.02 Å². The zero-order valence-electron chi connectivity index (χ0n) is 5.62. The highest BCUT2D eigenvalue weighted by molar-refractivity contribution is 7.88. The summed E-state index contributed by atoms with van der Waals surface area (Å²) in [6.07, 6.45) is 0. The molecule has 0 atom stereocenters. The third-order valence-corrected chi connectivity index (χ3v) is 1.65. The van der Waals surface area contributed by atoms with E-state index in [9.17, 15) is 4.55 Å². The highest BCUT2D eigenvalue weighted by Gasteiger charge is 1.92. The van der Waals surface area contributed by atoms with Crippen LogP contribution in [0.25, 0.3) is 0 Å². The number of benzene rings is 1. The molecule has 0 saturated carbocycles. The van der Waals surface area contributed by atoms with Crippen molar-refractivity contribution in [2.24, 2.45) is 0 Å². The van der Waals surface area contributed by atoms with Crippen LogP contribution >= 0.6 is 23.9 Å². The molecule has 0 unspecified atom stereocenters. The van der Waals surface area contributed by atoms with E-state index < -0.39 is 0 Å². The molecule has 0 fully saturated rings. The summed E-state index contributed by atoms with van der Waals surface area (Å²) in [5.74, 6) is 0. The molecule has 0 heterocycles. The molecule has 1 aromatic carbocycles. The Morgan fingerprint density at radius 3 is 2.55 bits per heavy atom. The second-order valence-electron chi connectivity index (χ2n) is 1.96. The zero-order valence-corrected chi connectivity index (χ0v) is 7.19. The predicted octanol–water partition coefficient (Wildman–Crippen LogP) is 2.85. The molecule has 0 aromatic heterocycles. The Kier molecular flexibility index (Phi) is 3.72. The summed E-state index contributed by atoms with van der Waals surface area (Å²) < 4.78 is 14.4. The fourth-order valence-electron chi connectivity index (χ4n) is 0.673. The molecule has 0 spiro atoms. The van der Waals surface area contributed by atoms with Gasteiger partial charge in [0.1, 0.15) is 0 Å². The highest BCUT2D eigenvalue weighted by Crippen LogP contribution is 2.11. The van der Waals surface area contributed by atoms with Crippen molar-refractivity contribution in [3.05, 3.63) is 34.9 Å². The lowest BCUT2D eigenvalue weighted by Crippen LogP contribution is -1.83. The molecular weight excluding hydrogens is 184 g/mol. The Morgan fingerprint density at radius 1 is 1.36 bits per heavy atom. The van der Waals surface area contributed by atoms with E-state index in [1.807, 2.05) is 12.1 Å². The minimum atomic E-state index is 0.118. The molecular formula is C7H6ClO2S. The highest BCUT2D eigenvalue weighted by atomic mass is 35.5. The molecule has 11 heavy (non-hydrogen) atoms. The van der Waals surface area contributed by atoms with Gasteiger partial charge in [0.05, 0.1) is 6.61 Å². The lowest BCUT2D eigenvalue weighted by Gasteiger charge is -1.97. The molecule has 0 aliphatic rings. The average Bonchev–Trinajstić information content (AvgIpc) is 2.04. The van der Waals surface area contributed by atoms with E-state index in [2.05, 4.69) is 4.18 Å². The van der Waals surface area contributed by atoms with Gasteiger partial charge in [0.25, 0.3) is 0 Å². The second kappa shape index (κ2) is 4.62. The SMILES string of the molecule is [O]SOCc1ccc(Cl)cc1. The molecule has 0 N–H and O–H groups in total. The molecule has 1 aromatic rings. The molecule has 0 aliphatic heterocycles. The Balaban J connectivity index is 2.52. The number of hydrogen-bond donors (Lipinski definition) is 0. The largest absolute Gasteiger partial charge is 0.284 e. The average molecular weight is 190 g/mol. The summed E-state index contributed by atoms with van der Waals surface area (Å²) in [4.78, 5) is 0. The fraction of sp³-hybridized carbons (Fsp3) is 0.143. The van der Waals surface area contributed by atoms with Crippen LogP contribution in [0.5, 0.6) is 0 Å². The maximum Gasteiger partial charge on any atom is 0.196 e. The van der Waals surface area contributed by atoms with Crippen molar-refractivity contribution in [1.29, 1.82) is 0 Å². The Hall–Kier alpha value is -0.220. The summed E-state index contributed by atoms with van der Waals surface area (Å²) >= 11 is 5.76. The van der Waals surface area contributed by atoms with E-state index in [0.717, 1.165) is 5.56 Å². The van der Waals surface area contributed by atoms with Gasteiger partial charge >= 0.3 is 0 Å². The maximum atomic E-state index is 9.84. The van der Waals surface area contributed by atoms with Crippen LogP contribution < -0.4 is 0 Å². The number of hydrogen-bond acceptors (Lipinski definition) is 2. The van der Waals surface area contributed by atoms with Gasteiger partial charge in [-0.15, -0.1) is 4.55 Å². The van der Waals surface area contributed by atoms with Crippen molar-refractivity contribution in [3.63, 3.8) is 0 Å². The van der Waals surface area contributed by atoms with Gasteiger partial charge in [-0.3, -0.25) is 4.18 Å². The Bertz CT molecular complexity index is 212. The van der Waals surface area contributed by atoms with Crippen LogP contribution in [0.3, 0.4) is 0 Å². The first-order chi connectivity index (χ1) is 5.33. The summed E-state index contributed by atoms with van der Waals surface area (Å²) in [5, 5.41) is 0.684. The molecule has 4 heteroatoms. The molecule has 2 nitrogen and oxygen atoms in total. The third-order valence-electron chi connectivity index (χ3n) is 1.19. The number of rotatable bonds is 3. The smallest absolute Gasteiger partial charge is 0.196 e. The molecule has 59 valence electrons. The van der Waals surface area contributed by atoms with Crippen molar-refractivity contribution in [2.45, 2.75) is 6.61 Å². The van der Waals surface area contributed by atoms with E-state index in [1.54, 1.807) is 12.1 Å². The molecule has 0 saturated heterocycles. The van der Waals surface area contributed by atoms with Crippen LogP contribution in [0.2, 0.25) is 5.02 Å². The lowest BCUT2D eigenvalue weighted by molar-refractivity contribution is 0.314. The first-order valence-corrected chi connectivity index (χ1v) is 4.03. The quantitative estimate of drug-likeness (QED) is 0.685. The maximum absolute atomic E-state index is 9.84. The van der Waals surface area contributed by atoms with E-state index in [0.29, 0.717) is 11.6 Å². The predicted molar refractivity (Wildman–Crippen MR) is 44.5 cm³/mol. The number of halogens is 1. The van der Waals surface area contributed by atoms with Gasteiger partial charge in [0.15, 0.2) is 12.3 Å². The Labute approximate surface area is 74.5 Å². The van der Waals surface area contributed by atoms with Crippen molar-refractivity contribution < 1.29 is 8.74 Å². The normalized spacial score (nSPS) is 10.0. The standard InChI is InChI=1S/C7H6ClO2S/c8-7-3-1-6(2-4-7)5-10-11-9/h1-4H,5H2. The molecule has 0 amide bonds. The fourth-order valence-corrected chi connectivity index (χ4v) is 0.983. The van der Waals surface area contributed by atoms with Crippen LogP contribution in [0, 0.1) is 0 Å². The molecule has 0 bridgehead atoms. The first kappa shape index (κ1) is 8.87. The van der Waals surface area contributed by atoms with Crippen LogP contribution in [0.15, 0.2) is 24.3 Å². The van der Waals surface area contributed by atoms with E-state index >= 15 is 0 Å². The van der Waals surface area contributed by atoms with E-state index in [4.69, 9.17) is 11.6 Å². The summed E-state index contributed by atoms with van der Waals surface area (Å²) in [7, 11) is 0. The van der Waals surface area contributed by atoms with Gasteiger partial charge < -0.3 is 0 Å². The van der Waals surface area contributed by atoms with Gasteiger partial charge in [-0.2, -0.15) is 0 Å². The van der Waals surface area contributed by atoms with E-state index in [-0.39, 0.29) is 12.3 Å². The van der Waals surface area contributed by atoms with Gasteiger partial charge in [0.2, 0.25) is 0 Å². The van der Waals surface area contributed by atoms with Crippen molar-refractivity contribution in [3.8, 4) is 0 Å². The second-order valence-corrected chi connectivity index (χ2v) is 2.76. The van der Waals surface area contributed by atoms with Gasteiger partial charge in [-0.1, -0.05) is 23.7 Å². The van der Waals surface area contributed by atoms with Crippen molar-refractivity contribution in [1.82, 2.24) is 0 Å². The van der Waals surface area contributed by atoms with Crippen LogP contribution in [0.1, 0.15) is 5.56 Å². The molecule has 0 aliphatic carbocycles. The topological polar surface area (TPSA) is 29.1 Å². The minimum absolute atomic E-state index is 0.118. The summed E-state index contributed by atoms with van der Waals surface area (Å²) in [6.45, 7) is 0.325. The monoisotopic (exact) mass is 189 g/mol. The lowest BCUT2D eigenvalue weighted by atomic mass is 10.2. The zero-order chi connectivity index (χ0) is 8.10. The minimum Gasteiger partial charge on any atom is -0.284 e. The summed E-state index contributed by atoms with van der Waals surface area (Å²) in [5.41, 5.74) is 0.942.